The van der Waals surface area contributed by atoms with Crippen molar-refractivity contribution in [2.24, 2.45) is 0 Å². The number of ether oxygens (including phenoxy) is 1. The fourth-order valence-electron chi connectivity index (χ4n) is 2.75. The second kappa shape index (κ2) is 9.49. The summed E-state index contributed by atoms with van der Waals surface area (Å²) in [5.74, 6) is 0.0657. The molecule has 3 N–H and O–H groups in total. The van der Waals surface area contributed by atoms with E-state index in [2.05, 4.69) is 20.6 Å². The van der Waals surface area contributed by atoms with Crippen molar-refractivity contribution in [3.05, 3.63) is 70.0 Å². The van der Waals surface area contributed by atoms with E-state index in [1.165, 1.54) is 7.11 Å². The third-order valence-electron chi connectivity index (χ3n) is 4.32. The lowest BCUT2D eigenvalue weighted by atomic mass is 10.1. The molecular weight excluding hydrogens is 382 g/mol. The molecule has 0 radical (unpaired) electrons. The molecule has 0 fully saturated rings. The summed E-state index contributed by atoms with van der Waals surface area (Å²) in [4.78, 5) is 31.2. The predicted molar refractivity (Wildman–Crippen MR) is 115 cm³/mol. The molecular formula is C22H21N5O3. The summed E-state index contributed by atoms with van der Waals surface area (Å²) < 4.78 is 4.89. The highest BCUT2D eigenvalue weighted by molar-refractivity contribution is 5.91. The van der Waals surface area contributed by atoms with E-state index < -0.39 is 5.56 Å². The molecule has 0 spiro atoms. The van der Waals surface area contributed by atoms with Gasteiger partial charge in [0.05, 0.1) is 18.7 Å². The number of aryl methyl sites for hydroxylation is 1. The van der Waals surface area contributed by atoms with E-state index in [1.807, 2.05) is 37.3 Å². The smallest absolute Gasteiger partial charge is 0.270 e. The van der Waals surface area contributed by atoms with Crippen molar-refractivity contribution in [1.29, 1.82) is 5.26 Å². The van der Waals surface area contributed by atoms with Gasteiger partial charge in [0.1, 0.15) is 11.6 Å². The van der Waals surface area contributed by atoms with Gasteiger partial charge in [-0.05, 0) is 31.2 Å². The van der Waals surface area contributed by atoms with Gasteiger partial charge in [0, 0.05) is 24.0 Å². The van der Waals surface area contributed by atoms with Crippen LogP contribution < -0.4 is 16.2 Å². The highest BCUT2D eigenvalue weighted by atomic mass is 16.5. The second-order valence-corrected chi connectivity index (χ2v) is 6.61. The van der Waals surface area contributed by atoms with Crippen LogP contribution in [0.25, 0.3) is 11.3 Å². The molecule has 0 bridgehead atoms. The number of hydrogen-bond acceptors (Lipinski definition) is 6. The summed E-state index contributed by atoms with van der Waals surface area (Å²) in [5, 5.41) is 15.2. The molecule has 30 heavy (non-hydrogen) atoms. The van der Waals surface area contributed by atoms with E-state index in [9.17, 15) is 14.9 Å². The number of rotatable bonds is 7. The van der Waals surface area contributed by atoms with E-state index in [1.54, 1.807) is 24.3 Å². The predicted octanol–water partition coefficient (Wildman–Crippen LogP) is 3.34. The van der Waals surface area contributed by atoms with Crippen molar-refractivity contribution in [1.82, 2.24) is 9.97 Å². The number of nitriles is 1. The Hall–Kier alpha value is -3.96. The van der Waals surface area contributed by atoms with Crippen LogP contribution in [-0.2, 0) is 9.53 Å². The van der Waals surface area contributed by atoms with Crippen LogP contribution >= 0.6 is 0 Å². The molecule has 2 aromatic carbocycles. The number of carbonyl (C=O) groups is 1. The summed E-state index contributed by atoms with van der Waals surface area (Å²) in [7, 11) is 1.53. The van der Waals surface area contributed by atoms with Crippen LogP contribution in [0.15, 0.2) is 53.3 Å². The average Bonchev–Trinajstić information content (AvgIpc) is 2.74. The molecule has 0 aliphatic heterocycles. The van der Waals surface area contributed by atoms with Crippen molar-refractivity contribution in [2.75, 3.05) is 24.4 Å². The summed E-state index contributed by atoms with van der Waals surface area (Å²) >= 11 is 0. The summed E-state index contributed by atoms with van der Waals surface area (Å²) in [6, 6.07) is 16.3. The summed E-state index contributed by atoms with van der Waals surface area (Å²) in [5.41, 5.74) is 2.69. The molecule has 0 atom stereocenters. The summed E-state index contributed by atoms with van der Waals surface area (Å²) in [6.45, 7) is 2.32. The Morgan fingerprint density at radius 2 is 1.80 bits per heavy atom. The zero-order valence-corrected chi connectivity index (χ0v) is 16.7. The standard InChI is InChI=1S/C22H21N5O3/c1-14-3-7-17(8-4-14)25-22-26-20(18(13-23)21(29)27-22)15-5-9-16(10-6-15)24-19(28)11-12-30-2/h3-10H,11-12H2,1-2H3,(H,24,28)(H2,25,26,27,29). The van der Waals surface area contributed by atoms with Gasteiger partial charge in [0.2, 0.25) is 11.9 Å². The number of methoxy groups -OCH3 is 1. The monoisotopic (exact) mass is 403 g/mol. The first-order chi connectivity index (χ1) is 14.5. The molecule has 3 aromatic rings. The number of hydrogen-bond donors (Lipinski definition) is 3. The minimum Gasteiger partial charge on any atom is -0.384 e. The van der Waals surface area contributed by atoms with E-state index in [-0.39, 0.29) is 29.5 Å². The molecule has 0 aliphatic carbocycles. The Bertz CT molecular complexity index is 1130. The van der Waals surface area contributed by atoms with Gasteiger partial charge in [-0.15, -0.1) is 0 Å². The number of anilines is 3. The minimum absolute atomic E-state index is 0.0821. The Morgan fingerprint density at radius 3 is 2.43 bits per heavy atom. The second-order valence-electron chi connectivity index (χ2n) is 6.61. The molecule has 0 unspecified atom stereocenters. The van der Waals surface area contributed by atoms with Crippen molar-refractivity contribution < 1.29 is 9.53 Å². The lowest BCUT2D eigenvalue weighted by Crippen LogP contribution is -2.16. The maximum absolute atomic E-state index is 12.4. The lowest BCUT2D eigenvalue weighted by molar-refractivity contribution is -0.117. The van der Waals surface area contributed by atoms with Crippen LogP contribution in [0.4, 0.5) is 17.3 Å². The van der Waals surface area contributed by atoms with Gasteiger partial charge < -0.3 is 15.4 Å². The number of aromatic nitrogens is 2. The number of aromatic amines is 1. The Morgan fingerprint density at radius 1 is 1.13 bits per heavy atom. The third-order valence-corrected chi connectivity index (χ3v) is 4.32. The zero-order valence-electron chi connectivity index (χ0n) is 16.7. The van der Waals surface area contributed by atoms with Gasteiger partial charge in [0.25, 0.3) is 5.56 Å². The van der Waals surface area contributed by atoms with Gasteiger partial charge in [-0.25, -0.2) is 4.98 Å². The molecule has 8 heteroatoms. The highest BCUT2D eigenvalue weighted by Gasteiger charge is 2.14. The largest absolute Gasteiger partial charge is 0.384 e. The molecule has 0 saturated heterocycles. The first kappa shape index (κ1) is 20.8. The Kier molecular flexibility index (Phi) is 6.57. The van der Waals surface area contributed by atoms with Gasteiger partial charge in [-0.2, -0.15) is 5.26 Å². The van der Waals surface area contributed by atoms with Crippen molar-refractivity contribution in [3.8, 4) is 17.3 Å². The number of amides is 1. The number of benzene rings is 2. The van der Waals surface area contributed by atoms with Gasteiger partial charge in [0.15, 0.2) is 0 Å². The summed E-state index contributed by atoms with van der Waals surface area (Å²) in [6.07, 6.45) is 0.250. The normalized spacial score (nSPS) is 10.3. The van der Waals surface area contributed by atoms with Crippen molar-refractivity contribution in [2.45, 2.75) is 13.3 Å². The number of nitrogens with one attached hydrogen (secondary N) is 3. The maximum atomic E-state index is 12.4. The van der Waals surface area contributed by atoms with Crippen molar-refractivity contribution in [3.63, 3.8) is 0 Å². The van der Waals surface area contributed by atoms with Crippen LogP contribution in [0.2, 0.25) is 0 Å². The molecule has 1 aromatic heterocycles. The van der Waals surface area contributed by atoms with Crippen LogP contribution in [0.1, 0.15) is 17.5 Å². The Labute approximate surface area is 173 Å². The topological polar surface area (TPSA) is 120 Å². The molecule has 0 aliphatic rings. The quantitative estimate of drug-likeness (QED) is 0.557. The van der Waals surface area contributed by atoms with E-state index in [0.717, 1.165) is 11.3 Å². The fourth-order valence-corrected chi connectivity index (χ4v) is 2.75. The Balaban J connectivity index is 1.87. The van der Waals surface area contributed by atoms with Gasteiger partial charge in [-0.3, -0.25) is 14.6 Å². The first-order valence-corrected chi connectivity index (χ1v) is 9.27. The fraction of sp³-hybridized carbons (Fsp3) is 0.182. The average molecular weight is 403 g/mol. The number of nitrogens with zero attached hydrogens (tertiary/aromatic N) is 2. The molecule has 8 nitrogen and oxygen atoms in total. The molecule has 0 saturated carbocycles. The lowest BCUT2D eigenvalue weighted by Gasteiger charge is -2.10. The first-order valence-electron chi connectivity index (χ1n) is 9.27. The van der Waals surface area contributed by atoms with Gasteiger partial charge in [-0.1, -0.05) is 29.8 Å². The van der Waals surface area contributed by atoms with Crippen LogP contribution in [0.5, 0.6) is 0 Å². The molecule has 1 heterocycles. The highest BCUT2D eigenvalue weighted by Crippen LogP contribution is 2.23. The van der Waals surface area contributed by atoms with Crippen LogP contribution in [0.3, 0.4) is 0 Å². The number of carbonyl (C=O) groups excluding carboxylic acids is 1. The SMILES string of the molecule is COCCC(=O)Nc1ccc(-c2nc(Nc3ccc(C)cc3)[nH]c(=O)c2C#N)cc1. The number of H-pyrrole nitrogens is 1. The van der Waals surface area contributed by atoms with E-state index in [0.29, 0.717) is 17.9 Å². The van der Waals surface area contributed by atoms with E-state index in [4.69, 9.17) is 4.74 Å². The minimum atomic E-state index is -0.533. The molecule has 152 valence electrons. The van der Waals surface area contributed by atoms with Crippen LogP contribution in [-0.4, -0.2) is 29.6 Å². The third kappa shape index (κ3) is 5.10. The maximum Gasteiger partial charge on any atom is 0.270 e. The van der Waals surface area contributed by atoms with Gasteiger partial charge >= 0.3 is 0 Å². The van der Waals surface area contributed by atoms with Crippen molar-refractivity contribution >= 4 is 23.2 Å². The molecule has 3 rings (SSSR count). The van der Waals surface area contributed by atoms with E-state index >= 15 is 0 Å². The van der Waals surface area contributed by atoms with Crippen LogP contribution in [0, 0.1) is 18.3 Å². The zero-order chi connectivity index (χ0) is 21.5. The molecule has 1 amide bonds.